The summed E-state index contributed by atoms with van der Waals surface area (Å²) in [7, 11) is 0. The second-order valence-corrected chi connectivity index (χ2v) is 6.00. The zero-order chi connectivity index (χ0) is 15.6. The van der Waals surface area contributed by atoms with Crippen LogP contribution < -0.4 is 5.73 Å². The van der Waals surface area contributed by atoms with Crippen LogP contribution in [0.2, 0.25) is 10.0 Å². The number of nitrogens with two attached hydrogens (primary N) is 1. The van der Waals surface area contributed by atoms with Gasteiger partial charge >= 0.3 is 0 Å². The third-order valence-electron chi connectivity index (χ3n) is 3.57. The van der Waals surface area contributed by atoms with Crippen LogP contribution in [0.15, 0.2) is 18.2 Å². The Hall–Kier alpha value is -1.30. The summed E-state index contributed by atoms with van der Waals surface area (Å²) >= 11 is 11.7. The standard InChI is InChI=1S/C14H16Cl2N2O3/c15-10-4-9(5-11(16)6-10)12(19)14(21)18-3-1-2-8(7-18)13(17)20/h4-6,8,12,19H,1-3,7H2,(H2,17,20). The van der Waals surface area contributed by atoms with Gasteiger partial charge in [0, 0.05) is 23.1 Å². The monoisotopic (exact) mass is 330 g/mol. The lowest BCUT2D eigenvalue weighted by Gasteiger charge is -2.32. The van der Waals surface area contributed by atoms with Crippen LogP contribution in [0.5, 0.6) is 0 Å². The molecule has 1 aliphatic heterocycles. The molecule has 2 rings (SSSR count). The number of benzene rings is 1. The number of piperidine rings is 1. The molecule has 7 heteroatoms. The van der Waals surface area contributed by atoms with Crippen LogP contribution >= 0.6 is 23.2 Å². The van der Waals surface area contributed by atoms with Crippen molar-refractivity contribution in [1.82, 2.24) is 4.90 Å². The van der Waals surface area contributed by atoms with Gasteiger partial charge in [-0.15, -0.1) is 0 Å². The quantitative estimate of drug-likeness (QED) is 0.885. The van der Waals surface area contributed by atoms with Crippen molar-refractivity contribution in [3.63, 3.8) is 0 Å². The zero-order valence-corrected chi connectivity index (χ0v) is 12.8. The van der Waals surface area contributed by atoms with Crippen molar-refractivity contribution in [2.45, 2.75) is 18.9 Å². The predicted octanol–water partition coefficient (Wildman–Crippen LogP) is 1.75. The molecular weight excluding hydrogens is 315 g/mol. The number of halogens is 2. The Labute approximate surface area is 132 Å². The molecule has 0 bridgehead atoms. The number of hydrogen-bond acceptors (Lipinski definition) is 3. The molecule has 1 aromatic rings. The molecular formula is C14H16Cl2N2O3. The fourth-order valence-electron chi connectivity index (χ4n) is 2.46. The minimum Gasteiger partial charge on any atom is -0.378 e. The van der Waals surface area contributed by atoms with E-state index in [0.717, 1.165) is 0 Å². The van der Waals surface area contributed by atoms with E-state index in [2.05, 4.69) is 0 Å². The number of aliphatic hydroxyl groups excluding tert-OH is 1. The Kier molecular flexibility index (Phi) is 5.08. The number of carbonyl (C=O) groups excluding carboxylic acids is 2. The van der Waals surface area contributed by atoms with Gasteiger partial charge in [0.25, 0.3) is 5.91 Å². The van der Waals surface area contributed by atoms with Crippen LogP contribution in [0.4, 0.5) is 0 Å². The number of likely N-dealkylation sites (tertiary alicyclic amines) is 1. The van der Waals surface area contributed by atoms with E-state index < -0.39 is 17.9 Å². The van der Waals surface area contributed by atoms with Crippen molar-refractivity contribution < 1.29 is 14.7 Å². The Morgan fingerprint density at radius 1 is 1.29 bits per heavy atom. The van der Waals surface area contributed by atoms with Gasteiger partial charge in [-0.3, -0.25) is 9.59 Å². The van der Waals surface area contributed by atoms with Crippen molar-refractivity contribution >= 4 is 35.0 Å². The van der Waals surface area contributed by atoms with E-state index in [1.807, 2.05) is 0 Å². The lowest BCUT2D eigenvalue weighted by Crippen LogP contribution is -2.45. The van der Waals surface area contributed by atoms with E-state index in [-0.39, 0.29) is 12.5 Å². The summed E-state index contributed by atoms with van der Waals surface area (Å²) in [5, 5.41) is 10.9. The number of nitrogens with zero attached hydrogens (tertiary/aromatic N) is 1. The number of hydrogen-bond donors (Lipinski definition) is 2. The summed E-state index contributed by atoms with van der Waals surface area (Å²) in [4.78, 5) is 25.0. The summed E-state index contributed by atoms with van der Waals surface area (Å²) < 4.78 is 0. The van der Waals surface area contributed by atoms with Crippen molar-refractivity contribution in [3.05, 3.63) is 33.8 Å². The van der Waals surface area contributed by atoms with Crippen molar-refractivity contribution in [1.29, 1.82) is 0 Å². The molecule has 1 heterocycles. The van der Waals surface area contributed by atoms with Gasteiger partial charge in [-0.2, -0.15) is 0 Å². The van der Waals surface area contributed by atoms with E-state index in [4.69, 9.17) is 28.9 Å². The van der Waals surface area contributed by atoms with Crippen molar-refractivity contribution in [2.24, 2.45) is 11.7 Å². The first-order valence-electron chi connectivity index (χ1n) is 6.60. The van der Waals surface area contributed by atoms with Gasteiger partial charge in [0.1, 0.15) is 0 Å². The molecule has 21 heavy (non-hydrogen) atoms. The predicted molar refractivity (Wildman–Crippen MR) is 79.9 cm³/mol. The van der Waals surface area contributed by atoms with Gasteiger partial charge in [-0.1, -0.05) is 23.2 Å². The van der Waals surface area contributed by atoms with E-state index in [1.54, 1.807) is 0 Å². The van der Waals surface area contributed by atoms with Gasteiger partial charge in [0.15, 0.2) is 6.10 Å². The van der Waals surface area contributed by atoms with Crippen LogP contribution in [-0.4, -0.2) is 34.9 Å². The topological polar surface area (TPSA) is 83.6 Å². The Morgan fingerprint density at radius 2 is 1.90 bits per heavy atom. The van der Waals surface area contributed by atoms with Gasteiger partial charge in [0.05, 0.1) is 5.92 Å². The molecule has 0 aliphatic carbocycles. The average Bonchev–Trinajstić information content (AvgIpc) is 2.44. The summed E-state index contributed by atoms with van der Waals surface area (Å²) in [6.45, 7) is 0.730. The van der Waals surface area contributed by atoms with Crippen molar-refractivity contribution in [2.75, 3.05) is 13.1 Å². The van der Waals surface area contributed by atoms with E-state index >= 15 is 0 Å². The maximum atomic E-state index is 12.3. The summed E-state index contributed by atoms with van der Waals surface area (Å²) in [6, 6.07) is 4.50. The fraction of sp³-hybridized carbons (Fsp3) is 0.429. The van der Waals surface area contributed by atoms with Crippen LogP contribution in [0.3, 0.4) is 0 Å². The third-order valence-corrected chi connectivity index (χ3v) is 4.01. The molecule has 2 amide bonds. The first-order chi connectivity index (χ1) is 9.88. The van der Waals surface area contributed by atoms with Gasteiger partial charge in [0.2, 0.25) is 5.91 Å². The molecule has 0 radical (unpaired) electrons. The largest absolute Gasteiger partial charge is 0.378 e. The SMILES string of the molecule is NC(=O)C1CCCN(C(=O)C(O)c2cc(Cl)cc(Cl)c2)C1. The highest BCUT2D eigenvalue weighted by atomic mass is 35.5. The smallest absolute Gasteiger partial charge is 0.256 e. The van der Waals surface area contributed by atoms with Crippen LogP contribution in [0, 0.1) is 5.92 Å². The Balaban J connectivity index is 2.13. The van der Waals surface area contributed by atoms with Crippen LogP contribution in [-0.2, 0) is 9.59 Å². The molecule has 0 aromatic heterocycles. The highest BCUT2D eigenvalue weighted by Gasteiger charge is 2.31. The van der Waals surface area contributed by atoms with E-state index in [9.17, 15) is 14.7 Å². The average molecular weight is 331 g/mol. The van der Waals surface area contributed by atoms with E-state index in [1.165, 1.54) is 23.1 Å². The molecule has 1 saturated heterocycles. The first-order valence-corrected chi connectivity index (χ1v) is 7.36. The van der Waals surface area contributed by atoms with E-state index in [0.29, 0.717) is 35.0 Å². The molecule has 1 aromatic carbocycles. The van der Waals surface area contributed by atoms with Gasteiger partial charge < -0.3 is 15.7 Å². The number of aliphatic hydroxyl groups is 1. The van der Waals surface area contributed by atoms with Gasteiger partial charge in [-0.05, 0) is 36.6 Å². The number of carbonyl (C=O) groups is 2. The van der Waals surface area contributed by atoms with Crippen LogP contribution in [0.25, 0.3) is 0 Å². The van der Waals surface area contributed by atoms with Crippen LogP contribution in [0.1, 0.15) is 24.5 Å². The Bertz CT molecular complexity index is 545. The maximum absolute atomic E-state index is 12.3. The highest BCUT2D eigenvalue weighted by Crippen LogP contribution is 2.26. The molecule has 1 fully saturated rings. The third kappa shape index (κ3) is 3.87. The molecule has 1 aliphatic rings. The number of amides is 2. The molecule has 5 nitrogen and oxygen atoms in total. The second-order valence-electron chi connectivity index (χ2n) is 5.13. The summed E-state index contributed by atoms with van der Waals surface area (Å²) in [5.41, 5.74) is 5.61. The fourth-order valence-corrected chi connectivity index (χ4v) is 3.00. The summed E-state index contributed by atoms with van der Waals surface area (Å²) in [6.07, 6.45) is -0.00608. The normalized spacial score (nSPS) is 20.1. The molecule has 0 spiro atoms. The molecule has 3 N–H and O–H groups in total. The minimum atomic E-state index is -1.35. The number of primary amides is 1. The first kappa shape index (κ1) is 16.1. The lowest BCUT2D eigenvalue weighted by atomic mass is 9.96. The minimum absolute atomic E-state index is 0.236. The zero-order valence-electron chi connectivity index (χ0n) is 11.3. The highest BCUT2D eigenvalue weighted by molar-refractivity contribution is 6.34. The number of rotatable bonds is 3. The van der Waals surface area contributed by atoms with Gasteiger partial charge in [-0.25, -0.2) is 0 Å². The lowest BCUT2D eigenvalue weighted by molar-refractivity contribution is -0.143. The van der Waals surface area contributed by atoms with Crippen molar-refractivity contribution in [3.8, 4) is 0 Å². The molecule has 2 unspecified atom stereocenters. The maximum Gasteiger partial charge on any atom is 0.256 e. The molecule has 0 saturated carbocycles. The molecule has 114 valence electrons. The molecule has 2 atom stereocenters. The Morgan fingerprint density at radius 3 is 2.48 bits per heavy atom. The summed E-state index contributed by atoms with van der Waals surface area (Å²) in [5.74, 6) is -1.26. The second kappa shape index (κ2) is 6.64.